The number of nitrogens with zero attached hydrogens (tertiary/aromatic N) is 4. The van der Waals surface area contributed by atoms with Gasteiger partial charge in [-0.15, -0.1) is 16.4 Å². The Morgan fingerprint density at radius 1 is 1.44 bits per heavy atom. The predicted molar refractivity (Wildman–Crippen MR) is 70.4 cm³/mol. The van der Waals surface area contributed by atoms with Crippen LogP contribution >= 0.6 is 11.3 Å². The van der Waals surface area contributed by atoms with Gasteiger partial charge in [-0.25, -0.2) is 4.98 Å². The number of anilines is 1. The maximum absolute atomic E-state index is 8.99. The molecular weight excluding hydrogens is 246 g/mol. The molecule has 0 spiro atoms. The first-order valence-corrected chi connectivity index (χ1v) is 6.35. The molecule has 2 aromatic heterocycles. The van der Waals surface area contributed by atoms with E-state index in [9.17, 15) is 0 Å². The van der Waals surface area contributed by atoms with Gasteiger partial charge in [0.1, 0.15) is 6.07 Å². The van der Waals surface area contributed by atoms with Crippen LogP contribution in [0.3, 0.4) is 0 Å². The molecule has 18 heavy (non-hydrogen) atoms. The van der Waals surface area contributed by atoms with Gasteiger partial charge in [-0.2, -0.15) is 10.4 Å². The minimum absolute atomic E-state index is 0.0556. The summed E-state index contributed by atoms with van der Waals surface area (Å²) in [6, 6.07) is 3.80. The Morgan fingerprint density at radius 3 is 2.83 bits per heavy atom. The highest BCUT2D eigenvalue weighted by Crippen LogP contribution is 2.27. The molecule has 2 heterocycles. The van der Waals surface area contributed by atoms with Crippen molar-refractivity contribution in [1.82, 2.24) is 15.2 Å². The Labute approximate surface area is 110 Å². The van der Waals surface area contributed by atoms with Crippen molar-refractivity contribution < 1.29 is 0 Å². The largest absolute Gasteiger partial charge is 0.360 e. The highest BCUT2D eigenvalue weighted by Gasteiger charge is 2.15. The van der Waals surface area contributed by atoms with Gasteiger partial charge < -0.3 is 5.32 Å². The van der Waals surface area contributed by atoms with Gasteiger partial charge >= 0.3 is 0 Å². The molecular formula is C12H13N5S. The standard InChI is InChI=1S/C12H13N5S/c1-7-11(18-9(3)15-7)8(2)16-12-10(6-13)4-5-14-17-12/h4-5,8H,1-3H3,(H,16,17). The number of hydrogen-bond acceptors (Lipinski definition) is 6. The van der Waals surface area contributed by atoms with Crippen molar-refractivity contribution >= 4 is 17.2 Å². The van der Waals surface area contributed by atoms with Gasteiger partial charge in [-0.1, -0.05) is 0 Å². The van der Waals surface area contributed by atoms with Gasteiger partial charge in [-0.05, 0) is 26.8 Å². The van der Waals surface area contributed by atoms with Gasteiger partial charge in [0, 0.05) is 4.88 Å². The molecule has 0 aliphatic carbocycles. The second-order valence-corrected chi connectivity index (χ2v) is 5.19. The Morgan fingerprint density at radius 2 is 2.22 bits per heavy atom. The number of rotatable bonds is 3. The van der Waals surface area contributed by atoms with E-state index in [-0.39, 0.29) is 6.04 Å². The molecule has 0 aromatic carbocycles. The lowest BCUT2D eigenvalue weighted by Crippen LogP contribution is -2.09. The van der Waals surface area contributed by atoms with Gasteiger partial charge in [-0.3, -0.25) is 0 Å². The second-order valence-electron chi connectivity index (χ2n) is 3.95. The number of nitrogens with one attached hydrogen (secondary N) is 1. The average molecular weight is 259 g/mol. The number of aromatic nitrogens is 3. The van der Waals surface area contributed by atoms with Crippen LogP contribution in [-0.4, -0.2) is 15.2 Å². The van der Waals surface area contributed by atoms with Gasteiger partial charge in [0.2, 0.25) is 0 Å². The molecule has 0 aliphatic rings. The molecule has 1 N–H and O–H groups in total. The monoisotopic (exact) mass is 259 g/mol. The predicted octanol–water partition coefficient (Wildman–Crippen LogP) is 2.59. The van der Waals surface area contributed by atoms with E-state index in [1.165, 1.54) is 6.20 Å². The molecule has 0 bridgehead atoms. The first-order chi connectivity index (χ1) is 8.61. The van der Waals surface area contributed by atoms with Crippen molar-refractivity contribution in [3.8, 4) is 6.07 Å². The third-order valence-corrected chi connectivity index (χ3v) is 3.78. The van der Waals surface area contributed by atoms with Gasteiger partial charge in [0.15, 0.2) is 5.82 Å². The summed E-state index contributed by atoms with van der Waals surface area (Å²) in [4.78, 5) is 5.55. The zero-order valence-electron chi connectivity index (χ0n) is 10.4. The average Bonchev–Trinajstić information content (AvgIpc) is 2.69. The molecule has 5 nitrogen and oxygen atoms in total. The van der Waals surface area contributed by atoms with E-state index < -0.39 is 0 Å². The van der Waals surface area contributed by atoms with E-state index in [2.05, 4.69) is 26.6 Å². The summed E-state index contributed by atoms with van der Waals surface area (Å²) in [5, 5.41) is 21.0. The normalized spacial score (nSPS) is 11.9. The summed E-state index contributed by atoms with van der Waals surface area (Å²) in [7, 11) is 0. The first kappa shape index (κ1) is 12.5. The molecule has 0 radical (unpaired) electrons. The summed E-state index contributed by atoms with van der Waals surface area (Å²) in [6.07, 6.45) is 1.51. The van der Waals surface area contributed by atoms with Crippen LogP contribution in [0.4, 0.5) is 5.82 Å². The topological polar surface area (TPSA) is 74.5 Å². The van der Waals surface area contributed by atoms with Crippen LogP contribution in [0.1, 0.15) is 34.1 Å². The minimum atomic E-state index is 0.0556. The van der Waals surface area contributed by atoms with E-state index in [1.54, 1.807) is 17.4 Å². The van der Waals surface area contributed by atoms with Crippen molar-refractivity contribution in [3.63, 3.8) is 0 Å². The van der Waals surface area contributed by atoms with Crippen molar-refractivity contribution in [2.24, 2.45) is 0 Å². The molecule has 1 unspecified atom stereocenters. The first-order valence-electron chi connectivity index (χ1n) is 5.54. The smallest absolute Gasteiger partial charge is 0.167 e. The molecule has 0 aliphatic heterocycles. The lowest BCUT2D eigenvalue weighted by Gasteiger charge is -2.13. The molecule has 6 heteroatoms. The minimum Gasteiger partial charge on any atom is -0.360 e. The summed E-state index contributed by atoms with van der Waals surface area (Å²) in [5.74, 6) is 0.512. The summed E-state index contributed by atoms with van der Waals surface area (Å²) in [5.41, 5.74) is 1.51. The number of thiazole rings is 1. The van der Waals surface area contributed by atoms with Crippen molar-refractivity contribution in [2.45, 2.75) is 26.8 Å². The van der Waals surface area contributed by atoms with E-state index in [0.717, 1.165) is 15.6 Å². The third-order valence-electron chi connectivity index (χ3n) is 2.53. The summed E-state index contributed by atoms with van der Waals surface area (Å²) < 4.78 is 0. The van der Waals surface area contributed by atoms with Gasteiger partial charge in [0.05, 0.1) is 28.5 Å². The fraction of sp³-hybridized carbons (Fsp3) is 0.333. The van der Waals surface area contributed by atoms with Crippen LogP contribution in [0.2, 0.25) is 0 Å². The number of hydrogen-bond donors (Lipinski definition) is 1. The Balaban J connectivity index is 2.24. The van der Waals surface area contributed by atoms with Gasteiger partial charge in [0.25, 0.3) is 0 Å². The maximum atomic E-state index is 8.99. The number of nitriles is 1. The Bertz CT molecular complexity index is 599. The lowest BCUT2D eigenvalue weighted by atomic mass is 10.2. The highest BCUT2D eigenvalue weighted by atomic mass is 32.1. The maximum Gasteiger partial charge on any atom is 0.167 e. The van der Waals surface area contributed by atoms with Crippen LogP contribution in [0, 0.1) is 25.2 Å². The zero-order chi connectivity index (χ0) is 13.1. The molecule has 0 saturated carbocycles. The molecule has 0 amide bonds. The fourth-order valence-corrected chi connectivity index (χ4v) is 2.68. The van der Waals surface area contributed by atoms with E-state index in [0.29, 0.717) is 11.4 Å². The van der Waals surface area contributed by atoms with E-state index in [1.807, 2.05) is 20.8 Å². The second kappa shape index (κ2) is 5.10. The zero-order valence-corrected chi connectivity index (χ0v) is 11.2. The molecule has 2 rings (SSSR count). The van der Waals surface area contributed by atoms with Crippen LogP contribution < -0.4 is 5.32 Å². The molecule has 1 atom stereocenters. The van der Waals surface area contributed by atoms with E-state index in [4.69, 9.17) is 5.26 Å². The number of aryl methyl sites for hydroxylation is 2. The van der Waals surface area contributed by atoms with Crippen LogP contribution in [0.5, 0.6) is 0 Å². The van der Waals surface area contributed by atoms with Crippen molar-refractivity contribution in [3.05, 3.63) is 33.4 Å². The molecule has 0 fully saturated rings. The van der Waals surface area contributed by atoms with Crippen LogP contribution in [0.25, 0.3) is 0 Å². The van der Waals surface area contributed by atoms with E-state index >= 15 is 0 Å². The third kappa shape index (κ3) is 2.46. The van der Waals surface area contributed by atoms with Crippen molar-refractivity contribution in [1.29, 1.82) is 5.26 Å². The van der Waals surface area contributed by atoms with Crippen molar-refractivity contribution in [2.75, 3.05) is 5.32 Å². The SMILES string of the molecule is Cc1nc(C)c(C(C)Nc2nnccc2C#N)s1. The van der Waals surface area contributed by atoms with Crippen LogP contribution in [0.15, 0.2) is 12.3 Å². The highest BCUT2D eigenvalue weighted by molar-refractivity contribution is 7.11. The molecule has 92 valence electrons. The van der Waals surface area contributed by atoms with Crippen LogP contribution in [-0.2, 0) is 0 Å². The molecule has 2 aromatic rings. The fourth-order valence-electron chi connectivity index (χ4n) is 1.75. The quantitative estimate of drug-likeness (QED) is 0.917. The lowest BCUT2D eigenvalue weighted by molar-refractivity contribution is 0.863. The summed E-state index contributed by atoms with van der Waals surface area (Å²) in [6.45, 7) is 5.99. The molecule has 0 saturated heterocycles. The summed E-state index contributed by atoms with van der Waals surface area (Å²) >= 11 is 1.65. The Hall–Kier alpha value is -2.00. The Kier molecular flexibility index (Phi) is 3.53.